The molecule has 7 N–H and O–H groups in total. The molecule has 4 aromatic rings. The maximum Gasteiger partial charge on any atom is 0.202 e. The number of hydrogen-bond donors (Lipinski definition) is 7. The molecular formula is C32H24O13. The molecule has 0 aromatic heterocycles. The van der Waals surface area contributed by atoms with Gasteiger partial charge in [0.05, 0.1) is 58.5 Å². The van der Waals surface area contributed by atoms with E-state index in [9.17, 15) is 54.9 Å². The van der Waals surface area contributed by atoms with Gasteiger partial charge < -0.3 is 45.2 Å². The smallest absolute Gasteiger partial charge is 0.202 e. The van der Waals surface area contributed by atoms with Crippen molar-refractivity contribution in [3.63, 3.8) is 0 Å². The van der Waals surface area contributed by atoms with E-state index < -0.39 is 120 Å². The van der Waals surface area contributed by atoms with Crippen LogP contribution in [0.15, 0.2) is 18.2 Å². The maximum absolute atomic E-state index is 13.7. The van der Waals surface area contributed by atoms with Gasteiger partial charge in [0.1, 0.15) is 51.6 Å². The third kappa shape index (κ3) is 3.64. The van der Waals surface area contributed by atoms with Crippen LogP contribution in [0.25, 0.3) is 21.9 Å². The van der Waals surface area contributed by atoms with E-state index in [0.717, 1.165) is 39.3 Å². The van der Waals surface area contributed by atoms with Crippen LogP contribution in [0.4, 0.5) is 0 Å². The summed E-state index contributed by atoms with van der Waals surface area (Å²) in [5, 5.41) is 76.3. The number of carbonyl (C=O) groups is 4. The number of aliphatic hydroxyl groups is 1. The van der Waals surface area contributed by atoms with Crippen molar-refractivity contribution in [2.24, 2.45) is 0 Å². The van der Waals surface area contributed by atoms with Crippen molar-refractivity contribution in [1.29, 1.82) is 0 Å². The van der Waals surface area contributed by atoms with Gasteiger partial charge in [-0.3, -0.25) is 19.2 Å². The van der Waals surface area contributed by atoms with Crippen LogP contribution < -0.4 is 9.47 Å². The summed E-state index contributed by atoms with van der Waals surface area (Å²) in [4.78, 5) is 53.2. The second-order valence-electron chi connectivity index (χ2n) is 11.1. The number of phenols is 6. The largest absolute Gasteiger partial charge is 0.507 e. The number of fused-ring (bicyclic) bond motifs is 4. The fourth-order valence-electron chi connectivity index (χ4n) is 6.17. The highest BCUT2D eigenvalue weighted by Gasteiger charge is 2.46. The summed E-state index contributed by atoms with van der Waals surface area (Å²) < 4.78 is 10.8. The van der Waals surface area contributed by atoms with Crippen molar-refractivity contribution in [3.8, 4) is 57.1 Å². The zero-order chi connectivity index (χ0) is 33.0. The number of aryl methyl sites for hydroxylation is 1. The Morgan fingerprint density at radius 3 is 1.84 bits per heavy atom. The summed E-state index contributed by atoms with van der Waals surface area (Å²) in [5.74, 6) is -9.24. The first-order valence-corrected chi connectivity index (χ1v) is 13.3. The minimum atomic E-state index is -2.18. The third-order valence-electron chi connectivity index (χ3n) is 8.33. The molecule has 230 valence electrons. The second-order valence-corrected chi connectivity index (χ2v) is 11.1. The first-order valence-electron chi connectivity index (χ1n) is 13.3. The van der Waals surface area contributed by atoms with E-state index in [1.54, 1.807) is 0 Å². The van der Waals surface area contributed by atoms with Crippen LogP contribution in [0.5, 0.6) is 46.0 Å². The van der Waals surface area contributed by atoms with Crippen molar-refractivity contribution < 1.29 is 64.4 Å². The van der Waals surface area contributed by atoms with E-state index in [1.165, 1.54) is 6.92 Å². The van der Waals surface area contributed by atoms with Crippen LogP contribution in [-0.4, -0.2) is 78.7 Å². The first-order chi connectivity index (χ1) is 21.1. The van der Waals surface area contributed by atoms with Gasteiger partial charge in [0.25, 0.3) is 0 Å². The Kier molecular flexibility index (Phi) is 6.07. The van der Waals surface area contributed by atoms with Crippen LogP contribution in [0.2, 0.25) is 0 Å². The third-order valence-corrected chi connectivity index (χ3v) is 8.33. The van der Waals surface area contributed by atoms with Gasteiger partial charge in [-0.25, -0.2) is 0 Å². The van der Waals surface area contributed by atoms with Crippen molar-refractivity contribution in [2.75, 3.05) is 14.2 Å². The maximum atomic E-state index is 13.7. The fourth-order valence-corrected chi connectivity index (χ4v) is 6.17. The highest BCUT2D eigenvalue weighted by molar-refractivity contribution is 6.32. The van der Waals surface area contributed by atoms with E-state index in [1.807, 2.05) is 0 Å². The Labute approximate surface area is 252 Å². The van der Waals surface area contributed by atoms with Crippen LogP contribution in [0, 0.1) is 6.92 Å². The standard InChI is InChI=1S/C32H24O13/c1-9-5-12(33)18-22(24(9)35)25(36)10-6-14(44-3)20(29(40)16(10)27(18)38)21-15(45-4)7-11-17(30(21)41)28(39)19-13(34)8-32(2,43)31(42)23(19)26(11)37/h5-7,33,35,37,39-41,43H,8H2,1-4H3. The van der Waals surface area contributed by atoms with Crippen molar-refractivity contribution in [1.82, 2.24) is 0 Å². The Hall–Kier alpha value is -5.82. The van der Waals surface area contributed by atoms with Gasteiger partial charge in [-0.2, -0.15) is 0 Å². The number of methoxy groups -OCH3 is 2. The van der Waals surface area contributed by atoms with E-state index in [-0.39, 0.29) is 22.4 Å². The van der Waals surface area contributed by atoms with Gasteiger partial charge in [-0.1, -0.05) is 0 Å². The van der Waals surface area contributed by atoms with Crippen LogP contribution >= 0.6 is 0 Å². The topological polar surface area (TPSA) is 228 Å². The Balaban J connectivity index is 1.72. The molecule has 0 radical (unpaired) electrons. The fraction of sp³-hybridized carbons (Fsp3) is 0.188. The molecule has 1 unspecified atom stereocenters. The first kappa shape index (κ1) is 29.3. The molecule has 1 atom stereocenters. The SMILES string of the molecule is COc1cc2c(c(O)c1-c1c(OC)cc3c(O)c4c(c(O)c3c1O)C(=O)CC(C)(O)C4=O)C(=O)c1c(O)cc(C)c(O)c1C2=O. The monoisotopic (exact) mass is 616 g/mol. The summed E-state index contributed by atoms with van der Waals surface area (Å²) >= 11 is 0. The van der Waals surface area contributed by atoms with E-state index in [4.69, 9.17) is 9.47 Å². The van der Waals surface area contributed by atoms with Gasteiger partial charge in [-0.15, -0.1) is 0 Å². The molecule has 0 bridgehead atoms. The predicted octanol–water partition coefficient (Wildman–Crippen LogP) is 3.36. The molecule has 0 heterocycles. The number of aromatic hydroxyl groups is 6. The average molecular weight is 617 g/mol. The number of hydrogen-bond acceptors (Lipinski definition) is 13. The lowest BCUT2D eigenvalue weighted by Gasteiger charge is -2.29. The van der Waals surface area contributed by atoms with Gasteiger partial charge in [0, 0.05) is 17.4 Å². The molecule has 0 aliphatic heterocycles. The van der Waals surface area contributed by atoms with Gasteiger partial charge in [-0.05, 0) is 37.6 Å². The number of Topliss-reactive ketones (excluding diaryl/α,β-unsaturated/α-hetero) is 2. The molecule has 0 saturated carbocycles. The number of benzene rings is 4. The molecule has 0 spiro atoms. The number of ether oxygens (including phenoxy) is 2. The molecule has 0 saturated heterocycles. The molecule has 2 aliphatic rings. The van der Waals surface area contributed by atoms with Gasteiger partial charge in [0.2, 0.25) is 5.78 Å². The number of ketones is 4. The Morgan fingerprint density at radius 2 is 1.22 bits per heavy atom. The number of rotatable bonds is 3. The minimum Gasteiger partial charge on any atom is -0.507 e. The lowest BCUT2D eigenvalue weighted by atomic mass is 9.77. The zero-order valence-corrected chi connectivity index (χ0v) is 24.0. The zero-order valence-electron chi connectivity index (χ0n) is 24.0. The van der Waals surface area contributed by atoms with Crippen molar-refractivity contribution >= 4 is 33.9 Å². The Morgan fingerprint density at radius 1 is 0.644 bits per heavy atom. The van der Waals surface area contributed by atoms with Crippen LogP contribution in [-0.2, 0) is 0 Å². The molecule has 2 aliphatic carbocycles. The molecule has 0 fully saturated rings. The van der Waals surface area contributed by atoms with Gasteiger partial charge >= 0.3 is 0 Å². The highest BCUT2D eigenvalue weighted by Crippen LogP contribution is 2.57. The number of phenolic OH excluding ortho intramolecular Hbond substituents is 6. The quantitative estimate of drug-likeness (QED) is 0.144. The van der Waals surface area contributed by atoms with E-state index in [0.29, 0.717) is 0 Å². The summed E-state index contributed by atoms with van der Waals surface area (Å²) in [5.41, 5.74) is -6.25. The minimum absolute atomic E-state index is 0.114. The van der Waals surface area contributed by atoms with Crippen molar-refractivity contribution in [2.45, 2.75) is 25.9 Å². The van der Waals surface area contributed by atoms with Crippen molar-refractivity contribution in [3.05, 3.63) is 57.1 Å². The predicted molar refractivity (Wildman–Crippen MR) is 154 cm³/mol. The van der Waals surface area contributed by atoms with Gasteiger partial charge in [0.15, 0.2) is 17.3 Å². The molecular weight excluding hydrogens is 592 g/mol. The summed E-state index contributed by atoms with van der Waals surface area (Å²) in [6.45, 7) is 2.49. The molecule has 13 nitrogen and oxygen atoms in total. The molecule has 6 rings (SSSR count). The molecule has 13 heteroatoms. The lowest BCUT2D eigenvalue weighted by Crippen LogP contribution is -2.42. The number of carbonyl (C=O) groups excluding carboxylic acids is 4. The van der Waals surface area contributed by atoms with E-state index in [2.05, 4.69) is 0 Å². The van der Waals surface area contributed by atoms with Crippen LogP contribution in [0.3, 0.4) is 0 Å². The highest BCUT2D eigenvalue weighted by atomic mass is 16.5. The molecule has 45 heavy (non-hydrogen) atoms. The Bertz CT molecular complexity index is 2120. The molecule has 0 amide bonds. The summed E-state index contributed by atoms with van der Waals surface area (Å²) in [7, 11) is 2.30. The summed E-state index contributed by atoms with van der Waals surface area (Å²) in [6.07, 6.45) is -0.722. The van der Waals surface area contributed by atoms with Crippen LogP contribution in [0.1, 0.15) is 71.5 Å². The van der Waals surface area contributed by atoms with E-state index >= 15 is 0 Å². The summed E-state index contributed by atoms with van der Waals surface area (Å²) in [6, 6.07) is 3.23. The second kappa shape index (κ2) is 9.34. The normalized spacial score (nSPS) is 17.3. The lowest BCUT2D eigenvalue weighted by molar-refractivity contribution is 0.0322. The molecule has 4 aromatic carbocycles. The average Bonchev–Trinajstić information content (AvgIpc) is 2.97.